The van der Waals surface area contributed by atoms with Gasteiger partial charge in [0.15, 0.2) is 6.61 Å². The van der Waals surface area contributed by atoms with Crippen molar-refractivity contribution in [1.82, 2.24) is 4.90 Å². The molecule has 0 bridgehead atoms. The lowest BCUT2D eigenvalue weighted by molar-refractivity contribution is -0.134. The van der Waals surface area contributed by atoms with Crippen molar-refractivity contribution in [3.8, 4) is 11.5 Å². The number of likely N-dealkylation sites (tertiary alicyclic amines) is 1. The van der Waals surface area contributed by atoms with Crippen molar-refractivity contribution in [2.24, 2.45) is 0 Å². The Morgan fingerprint density at radius 1 is 1.33 bits per heavy atom. The minimum Gasteiger partial charge on any atom is -0.497 e. The first-order valence-electron chi connectivity index (χ1n) is 7.41. The van der Waals surface area contributed by atoms with E-state index in [2.05, 4.69) is 0 Å². The predicted octanol–water partition coefficient (Wildman–Crippen LogP) is 1.84. The van der Waals surface area contributed by atoms with Gasteiger partial charge in [0, 0.05) is 19.2 Å². The summed E-state index contributed by atoms with van der Waals surface area (Å²) in [5, 5.41) is 8.91. The largest absolute Gasteiger partial charge is 0.497 e. The maximum Gasteiger partial charge on any atom is 0.260 e. The average molecular weight is 293 g/mol. The van der Waals surface area contributed by atoms with Gasteiger partial charge >= 0.3 is 0 Å². The fourth-order valence-electron chi connectivity index (χ4n) is 2.69. The van der Waals surface area contributed by atoms with E-state index in [0.717, 1.165) is 38.0 Å². The molecule has 5 nitrogen and oxygen atoms in total. The molecule has 1 heterocycles. The Morgan fingerprint density at radius 3 is 2.71 bits per heavy atom. The number of aliphatic hydroxyl groups excluding tert-OH is 1. The summed E-state index contributed by atoms with van der Waals surface area (Å²) in [6, 6.07) is 7.45. The molecule has 0 radical (unpaired) electrons. The van der Waals surface area contributed by atoms with Gasteiger partial charge < -0.3 is 19.5 Å². The van der Waals surface area contributed by atoms with Gasteiger partial charge in [-0.1, -0.05) is 0 Å². The first-order chi connectivity index (χ1) is 10.2. The van der Waals surface area contributed by atoms with E-state index in [1.165, 1.54) is 0 Å². The van der Waals surface area contributed by atoms with Crippen LogP contribution in [0.15, 0.2) is 24.3 Å². The fourth-order valence-corrected chi connectivity index (χ4v) is 2.69. The summed E-state index contributed by atoms with van der Waals surface area (Å²) in [5.41, 5.74) is 0. The van der Waals surface area contributed by atoms with Gasteiger partial charge in [-0.3, -0.25) is 4.79 Å². The van der Waals surface area contributed by atoms with Gasteiger partial charge in [-0.15, -0.1) is 0 Å². The first kappa shape index (κ1) is 15.6. The second-order valence-corrected chi connectivity index (χ2v) is 5.21. The van der Waals surface area contributed by atoms with Gasteiger partial charge in [0.25, 0.3) is 5.91 Å². The van der Waals surface area contributed by atoms with Gasteiger partial charge in [0.2, 0.25) is 0 Å². The molecule has 1 atom stereocenters. The fraction of sp³-hybridized carbons (Fsp3) is 0.562. The highest BCUT2D eigenvalue weighted by Crippen LogP contribution is 2.22. The molecule has 116 valence electrons. The lowest BCUT2D eigenvalue weighted by Gasteiger charge is -2.24. The maximum absolute atomic E-state index is 12.2. The van der Waals surface area contributed by atoms with E-state index < -0.39 is 0 Å². The van der Waals surface area contributed by atoms with Crippen molar-refractivity contribution >= 4 is 5.91 Å². The van der Waals surface area contributed by atoms with Crippen LogP contribution in [0.25, 0.3) is 0 Å². The Kier molecular flexibility index (Phi) is 5.87. The Labute approximate surface area is 125 Å². The van der Waals surface area contributed by atoms with Crippen LogP contribution in [-0.2, 0) is 4.79 Å². The van der Waals surface area contributed by atoms with Crippen LogP contribution >= 0.6 is 0 Å². The Morgan fingerprint density at radius 2 is 2.05 bits per heavy atom. The molecule has 1 aliphatic rings. The molecule has 1 aromatic rings. The van der Waals surface area contributed by atoms with Crippen LogP contribution in [0.2, 0.25) is 0 Å². The highest BCUT2D eigenvalue weighted by Gasteiger charge is 2.28. The molecule has 1 unspecified atom stereocenters. The van der Waals surface area contributed by atoms with E-state index >= 15 is 0 Å². The van der Waals surface area contributed by atoms with Crippen molar-refractivity contribution in [3.63, 3.8) is 0 Å². The highest BCUT2D eigenvalue weighted by molar-refractivity contribution is 5.78. The molecule has 0 saturated carbocycles. The third-order valence-corrected chi connectivity index (χ3v) is 3.81. The third kappa shape index (κ3) is 4.36. The minimum atomic E-state index is 0.0197. The number of carbonyl (C=O) groups is 1. The lowest BCUT2D eigenvalue weighted by atomic mass is 10.1. The molecule has 1 N–H and O–H groups in total. The smallest absolute Gasteiger partial charge is 0.260 e. The van der Waals surface area contributed by atoms with Gasteiger partial charge in [-0.2, -0.15) is 0 Å². The summed E-state index contributed by atoms with van der Waals surface area (Å²) >= 11 is 0. The van der Waals surface area contributed by atoms with Crippen LogP contribution in [-0.4, -0.2) is 48.8 Å². The van der Waals surface area contributed by atoms with Gasteiger partial charge in [0.1, 0.15) is 11.5 Å². The molecule has 0 aliphatic carbocycles. The van der Waals surface area contributed by atoms with Gasteiger partial charge in [-0.05, 0) is 49.9 Å². The van der Waals surface area contributed by atoms with E-state index in [-0.39, 0.29) is 25.2 Å². The quantitative estimate of drug-likeness (QED) is 0.833. The number of carbonyl (C=O) groups excluding carboxylic acids is 1. The molecular formula is C16H23NO4. The van der Waals surface area contributed by atoms with Crippen LogP contribution in [0.1, 0.15) is 25.7 Å². The summed E-state index contributed by atoms with van der Waals surface area (Å²) in [4.78, 5) is 14.1. The molecular weight excluding hydrogens is 270 g/mol. The second-order valence-electron chi connectivity index (χ2n) is 5.21. The highest BCUT2D eigenvalue weighted by atomic mass is 16.5. The molecule has 2 rings (SSSR count). The van der Waals surface area contributed by atoms with E-state index in [4.69, 9.17) is 14.6 Å². The number of aliphatic hydroxyl groups is 1. The van der Waals surface area contributed by atoms with Crippen LogP contribution < -0.4 is 9.47 Å². The van der Waals surface area contributed by atoms with Crippen LogP contribution in [0.4, 0.5) is 0 Å². The molecule has 1 aliphatic heterocycles. The zero-order chi connectivity index (χ0) is 15.1. The third-order valence-electron chi connectivity index (χ3n) is 3.81. The molecule has 21 heavy (non-hydrogen) atoms. The molecule has 5 heteroatoms. The van der Waals surface area contributed by atoms with Gasteiger partial charge in [-0.25, -0.2) is 0 Å². The van der Waals surface area contributed by atoms with Crippen molar-refractivity contribution in [2.45, 2.75) is 31.7 Å². The molecule has 1 fully saturated rings. The number of ether oxygens (including phenoxy) is 2. The first-order valence-corrected chi connectivity index (χ1v) is 7.41. The predicted molar refractivity (Wildman–Crippen MR) is 79.5 cm³/mol. The molecule has 1 saturated heterocycles. The number of benzene rings is 1. The summed E-state index contributed by atoms with van der Waals surface area (Å²) in [7, 11) is 1.61. The monoisotopic (exact) mass is 293 g/mol. The van der Waals surface area contributed by atoms with Crippen LogP contribution in [0.3, 0.4) is 0 Å². The molecule has 1 aromatic carbocycles. The number of hydrogen-bond donors (Lipinski definition) is 1. The van der Waals surface area contributed by atoms with E-state index in [1.807, 2.05) is 4.90 Å². The zero-order valence-corrected chi connectivity index (χ0v) is 12.5. The summed E-state index contributed by atoms with van der Waals surface area (Å²) in [6.07, 6.45) is 3.66. The number of hydrogen-bond acceptors (Lipinski definition) is 4. The standard InChI is InChI=1S/C16H23NO4/c1-20-14-6-8-15(9-7-14)21-12-16(19)17-10-2-4-13(17)5-3-11-18/h6-9,13,18H,2-5,10-12H2,1H3. The molecule has 0 spiro atoms. The summed E-state index contributed by atoms with van der Waals surface area (Å²) in [5.74, 6) is 1.44. The zero-order valence-electron chi connectivity index (χ0n) is 12.5. The number of nitrogens with zero attached hydrogens (tertiary/aromatic N) is 1. The molecule has 0 aromatic heterocycles. The van der Waals surface area contributed by atoms with E-state index in [9.17, 15) is 4.79 Å². The summed E-state index contributed by atoms with van der Waals surface area (Å²) < 4.78 is 10.6. The maximum atomic E-state index is 12.2. The van der Waals surface area contributed by atoms with E-state index in [1.54, 1.807) is 31.4 Å². The van der Waals surface area contributed by atoms with Crippen molar-refractivity contribution in [3.05, 3.63) is 24.3 Å². The van der Waals surface area contributed by atoms with Crippen molar-refractivity contribution < 1.29 is 19.4 Å². The Hall–Kier alpha value is -1.75. The van der Waals surface area contributed by atoms with Crippen LogP contribution in [0, 0.1) is 0 Å². The Bertz CT molecular complexity index is 446. The van der Waals surface area contributed by atoms with Gasteiger partial charge in [0.05, 0.1) is 7.11 Å². The second kappa shape index (κ2) is 7.88. The van der Waals surface area contributed by atoms with Crippen molar-refractivity contribution in [1.29, 1.82) is 0 Å². The SMILES string of the molecule is COc1ccc(OCC(=O)N2CCCC2CCCO)cc1. The number of amides is 1. The minimum absolute atomic E-state index is 0.0197. The topological polar surface area (TPSA) is 59.0 Å². The van der Waals surface area contributed by atoms with Crippen LogP contribution in [0.5, 0.6) is 11.5 Å². The Balaban J connectivity index is 1.82. The summed E-state index contributed by atoms with van der Waals surface area (Å²) in [6.45, 7) is 1.03. The van der Waals surface area contributed by atoms with E-state index in [0.29, 0.717) is 5.75 Å². The average Bonchev–Trinajstić information content (AvgIpc) is 2.99. The number of rotatable bonds is 7. The molecule has 1 amide bonds. The normalized spacial score (nSPS) is 17.8. The lowest BCUT2D eigenvalue weighted by Crippen LogP contribution is -2.38. The number of methoxy groups -OCH3 is 1. The van der Waals surface area contributed by atoms with Crippen molar-refractivity contribution in [2.75, 3.05) is 26.9 Å².